The Morgan fingerprint density at radius 3 is 2.46 bits per heavy atom. The highest BCUT2D eigenvalue weighted by Gasteiger charge is 2.09. The van der Waals surface area contributed by atoms with Crippen molar-refractivity contribution in [1.29, 1.82) is 0 Å². The van der Waals surface area contributed by atoms with Gasteiger partial charge < -0.3 is 10.2 Å². The van der Waals surface area contributed by atoms with Crippen LogP contribution in [0.2, 0.25) is 0 Å². The first-order valence-corrected chi connectivity index (χ1v) is 8.97. The van der Waals surface area contributed by atoms with Gasteiger partial charge in [0.25, 0.3) is 0 Å². The fourth-order valence-electron chi connectivity index (χ4n) is 3.00. The minimum absolute atomic E-state index is 0.336. The highest BCUT2D eigenvalue weighted by atomic mass is 16.4. The second kappa shape index (κ2) is 9.62. The van der Waals surface area contributed by atoms with Crippen molar-refractivity contribution in [3.8, 4) is 16.9 Å². The molecule has 0 heterocycles. The number of hydrogen-bond donors (Lipinski definition) is 2. The molecule has 0 aromatic heterocycles. The van der Waals surface area contributed by atoms with Gasteiger partial charge in [-0.05, 0) is 65.6 Å². The molecule has 136 valence electrons. The van der Waals surface area contributed by atoms with Gasteiger partial charge in [0.1, 0.15) is 5.75 Å². The molecular weight excluding hydrogens is 324 g/mol. The van der Waals surface area contributed by atoms with Crippen molar-refractivity contribution in [2.24, 2.45) is 5.92 Å². The van der Waals surface area contributed by atoms with E-state index in [1.54, 1.807) is 12.1 Å². The number of phenols is 1. The summed E-state index contributed by atoms with van der Waals surface area (Å²) in [6.45, 7) is 6.00. The van der Waals surface area contributed by atoms with Gasteiger partial charge >= 0.3 is 5.97 Å². The maximum absolute atomic E-state index is 10.6. The van der Waals surface area contributed by atoms with Crippen LogP contribution < -0.4 is 0 Å². The maximum Gasteiger partial charge on any atom is 0.328 e. The zero-order chi connectivity index (χ0) is 18.9. The smallest absolute Gasteiger partial charge is 0.328 e. The van der Waals surface area contributed by atoms with Crippen LogP contribution in [0.1, 0.15) is 37.3 Å². The van der Waals surface area contributed by atoms with E-state index in [0.717, 1.165) is 54.0 Å². The fourth-order valence-corrected chi connectivity index (χ4v) is 3.00. The monoisotopic (exact) mass is 350 g/mol. The van der Waals surface area contributed by atoms with E-state index in [-0.39, 0.29) is 0 Å². The molecule has 3 heteroatoms. The van der Waals surface area contributed by atoms with Crippen molar-refractivity contribution in [1.82, 2.24) is 0 Å². The number of carboxylic acids is 1. The van der Waals surface area contributed by atoms with E-state index in [9.17, 15) is 9.90 Å². The molecule has 0 saturated carbocycles. The molecule has 0 aliphatic carbocycles. The second-order valence-electron chi connectivity index (χ2n) is 6.47. The molecule has 26 heavy (non-hydrogen) atoms. The van der Waals surface area contributed by atoms with E-state index in [4.69, 9.17) is 5.11 Å². The number of aromatic hydroxyl groups is 1. The molecule has 0 amide bonds. The van der Waals surface area contributed by atoms with Crippen LogP contribution in [0, 0.1) is 5.92 Å². The molecule has 1 unspecified atom stereocenters. The summed E-state index contributed by atoms with van der Waals surface area (Å²) < 4.78 is 0. The molecule has 0 aliphatic heterocycles. The van der Waals surface area contributed by atoms with Crippen LogP contribution in [0.25, 0.3) is 17.2 Å². The van der Waals surface area contributed by atoms with Gasteiger partial charge in [0.05, 0.1) is 0 Å². The molecule has 0 saturated heterocycles. The molecule has 2 rings (SSSR count). The number of phenolic OH excluding ortho intramolecular Hbond substituents is 1. The minimum atomic E-state index is -0.959. The van der Waals surface area contributed by atoms with Gasteiger partial charge in [-0.25, -0.2) is 4.79 Å². The number of rotatable bonds is 9. The molecule has 2 aromatic rings. The summed E-state index contributed by atoms with van der Waals surface area (Å²) in [5, 5.41) is 18.9. The van der Waals surface area contributed by atoms with E-state index in [1.807, 2.05) is 42.5 Å². The predicted molar refractivity (Wildman–Crippen MR) is 107 cm³/mol. The molecule has 0 bridgehead atoms. The van der Waals surface area contributed by atoms with Crippen molar-refractivity contribution < 1.29 is 15.0 Å². The third kappa shape index (κ3) is 5.62. The largest absolute Gasteiger partial charge is 0.508 e. The number of carbonyl (C=O) groups is 1. The Morgan fingerprint density at radius 2 is 1.85 bits per heavy atom. The lowest BCUT2D eigenvalue weighted by Crippen LogP contribution is -2.00. The van der Waals surface area contributed by atoms with Gasteiger partial charge in [0.2, 0.25) is 0 Å². The highest BCUT2D eigenvalue weighted by Crippen LogP contribution is 2.29. The number of carboxylic acid groups (broad SMARTS) is 1. The lowest BCUT2D eigenvalue weighted by atomic mass is 9.92. The van der Waals surface area contributed by atoms with Crippen LogP contribution in [0.5, 0.6) is 5.75 Å². The molecule has 0 radical (unpaired) electrons. The predicted octanol–water partition coefficient (Wildman–Crippen LogP) is 5.69. The van der Waals surface area contributed by atoms with E-state index < -0.39 is 5.97 Å². The van der Waals surface area contributed by atoms with Crippen molar-refractivity contribution in [3.05, 3.63) is 72.3 Å². The molecule has 2 aromatic carbocycles. The van der Waals surface area contributed by atoms with Crippen LogP contribution in [-0.4, -0.2) is 16.2 Å². The van der Waals surface area contributed by atoms with Crippen molar-refractivity contribution in [2.75, 3.05) is 0 Å². The molecule has 1 atom stereocenters. The van der Waals surface area contributed by atoms with E-state index >= 15 is 0 Å². The Bertz CT molecular complexity index is 773. The first kappa shape index (κ1) is 19.5. The first-order chi connectivity index (χ1) is 12.5. The summed E-state index contributed by atoms with van der Waals surface area (Å²) in [5.41, 5.74) is 3.88. The Balaban J connectivity index is 2.15. The van der Waals surface area contributed by atoms with E-state index in [0.29, 0.717) is 11.7 Å². The Labute approximate surface area is 155 Å². The molecule has 3 nitrogen and oxygen atoms in total. The van der Waals surface area contributed by atoms with Crippen LogP contribution in [0.4, 0.5) is 0 Å². The number of hydrogen-bond acceptors (Lipinski definition) is 2. The van der Waals surface area contributed by atoms with E-state index in [2.05, 4.69) is 13.5 Å². The van der Waals surface area contributed by atoms with Gasteiger partial charge in [-0.15, -0.1) is 6.58 Å². The third-order valence-corrected chi connectivity index (χ3v) is 4.64. The average Bonchev–Trinajstić information content (AvgIpc) is 2.65. The number of aliphatic carboxylic acids is 1. The summed E-state index contributed by atoms with van der Waals surface area (Å²) in [7, 11) is 0. The average molecular weight is 350 g/mol. The van der Waals surface area contributed by atoms with Crippen LogP contribution >= 0.6 is 0 Å². The molecular formula is C23H26O3. The van der Waals surface area contributed by atoms with Gasteiger partial charge in [-0.3, -0.25) is 0 Å². The van der Waals surface area contributed by atoms with Crippen LogP contribution in [0.3, 0.4) is 0 Å². The Kier molecular flexibility index (Phi) is 7.22. The van der Waals surface area contributed by atoms with Crippen molar-refractivity contribution in [3.63, 3.8) is 0 Å². The quantitative estimate of drug-likeness (QED) is 0.451. The number of allylic oxidation sites excluding steroid dienone is 1. The van der Waals surface area contributed by atoms with Gasteiger partial charge in [0.15, 0.2) is 0 Å². The third-order valence-electron chi connectivity index (χ3n) is 4.64. The fraction of sp³-hybridized carbons (Fsp3) is 0.261. The molecule has 2 N–H and O–H groups in total. The number of benzene rings is 2. The SMILES string of the molecule is C=CCC(CC)CCc1cc(-c2ccc(/C=C/C(=O)O)cc2)ccc1O. The van der Waals surface area contributed by atoms with Gasteiger partial charge in [-0.2, -0.15) is 0 Å². The van der Waals surface area contributed by atoms with Gasteiger partial charge in [-0.1, -0.05) is 49.8 Å². The maximum atomic E-state index is 10.6. The zero-order valence-corrected chi connectivity index (χ0v) is 15.2. The first-order valence-electron chi connectivity index (χ1n) is 8.97. The molecule has 0 aliphatic rings. The van der Waals surface area contributed by atoms with E-state index in [1.165, 1.54) is 0 Å². The van der Waals surface area contributed by atoms with Crippen LogP contribution in [0.15, 0.2) is 61.2 Å². The topological polar surface area (TPSA) is 57.5 Å². The summed E-state index contributed by atoms with van der Waals surface area (Å²) in [6.07, 6.45) is 8.63. The Morgan fingerprint density at radius 1 is 1.15 bits per heavy atom. The summed E-state index contributed by atoms with van der Waals surface area (Å²) in [4.78, 5) is 10.6. The van der Waals surface area contributed by atoms with Gasteiger partial charge in [0, 0.05) is 6.08 Å². The zero-order valence-electron chi connectivity index (χ0n) is 15.2. The minimum Gasteiger partial charge on any atom is -0.508 e. The van der Waals surface area contributed by atoms with Crippen molar-refractivity contribution in [2.45, 2.75) is 32.6 Å². The second-order valence-corrected chi connectivity index (χ2v) is 6.47. The molecule has 0 spiro atoms. The molecule has 0 fully saturated rings. The lowest BCUT2D eigenvalue weighted by molar-refractivity contribution is -0.131. The summed E-state index contributed by atoms with van der Waals surface area (Å²) in [5.74, 6) is -0.0295. The van der Waals surface area contributed by atoms with Crippen molar-refractivity contribution >= 4 is 12.0 Å². The summed E-state index contributed by atoms with van der Waals surface area (Å²) >= 11 is 0. The number of aryl methyl sites for hydroxylation is 1. The lowest BCUT2D eigenvalue weighted by Gasteiger charge is -2.14. The van der Waals surface area contributed by atoms with Crippen LogP contribution in [-0.2, 0) is 11.2 Å². The standard InChI is InChI=1S/C23H26O3/c1-3-5-17(4-2)6-12-21-16-20(13-14-22(21)24)19-10-7-18(8-11-19)9-15-23(25)26/h3,7-11,13-17,24H,1,4-6,12H2,2H3,(H,25,26)/b15-9+. The highest BCUT2D eigenvalue weighted by molar-refractivity contribution is 5.85. The summed E-state index contributed by atoms with van der Waals surface area (Å²) in [6, 6.07) is 13.4. The normalized spacial score (nSPS) is 12.2. The Hall–Kier alpha value is -2.81.